The summed E-state index contributed by atoms with van der Waals surface area (Å²) in [5.74, 6) is -2.51. The van der Waals surface area contributed by atoms with Gasteiger partial charge in [-0.05, 0) is 24.6 Å². The van der Waals surface area contributed by atoms with Gasteiger partial charge in [0.15, 0.2) is 0 Å². The van der Waals surface area contributed by atoms with Crippen LogP contribution in [-0.2, 0) is 19.1 Å². The number of methoxy groups -OCH3 is 1. The van der Waals surface area contributed by atoms with Crippen molar-refractivity contribution in [3.63, 3.8) is 0 Å². The Labute approximate surface area is 163 Å². The lowest BCUT2D eigenvalue weighted by molar-refractivity contribution is -0.730. The Morgan fingerprint density at radius 3 is 2.32 bits per heavy atom. The van der Waals surface area contributed by atoms with E-state index in [2.05, 4.69) is 0 Å². The van der Waals surface area contributed by atoms with E-state index in [1.54, 1.807) is 31.2 Å². The summed E-state index contributed by atoms with van der Waals surface area (Å²) >= 11 is 0. The Bertz CT molecular complexity index is 958. The fourth-order valence-electron chi connectivity index (χ4n) is 4.75. The van der Waals surface area contributed by atoms with Crippen molar-refractivity contribution in [1.82, 2.24) is 0 Å². The summed E-state index contributed by atoms with van der Waals surface area (Å²) in [6.07, 6.45) is 0. The van der Waals surface area contributed by atoms with E-state index in [-0.39, 0.29) is 17.9 Å². The smallest absolute Gasteiger partial charge is 0.368 e. The van der Waals surface area contributed by atoms with E-state index in [1.807, 2.05) is 42.6 Å². The van der Waals surface area contributed by atoms with E-state index in [0.29, 0.717) is 5.69 Å². The fourth-order valence-corrected chi connectivity index (χ4v) is 4.75. The summed E-state index contributed by atoms with van der Waals surface area (Å²) < 4.78 is 5.03. The lowest BCUT2D eigenvalue weighted by atomic mass is 9.80. The molecule has 6 nitrogen and oxygen atoms in total. The van der Waals surface area contributed by atoms with Crippen LogP contribution < -0.4 is 10.2 Å². The highest BCUT2D eigenvalue weighted by atomic mass is 16.5. The summed E-state index contributed by atoms with van der Waals surface area (Å²) in [5.41, 5.74) is 1.35. The third-order valence-corrected chi connectivity index (χ3v) is 6.10. The highest BCUT2D eigenvalue weighted by molar-refractivity contribution is 6.23. The van der Waals surface area contributed by atoms with Crippen molar-refractivity contribution in [3.05, 3.63) is 65.7 Å². The Hall–Kier alpha value is -2.99. The molecule has 0 aliphatic carbocycles. The van der Waals surface area contributed by atoms with Gasteiger partial charge in [-0.3, -0.25) is 9.59 Å². The van der Waals surface area contributed by atoms with Crippen LogP contribution in [0.4, 0.5) is 5.69 Å². The molecule has 0 aromatic heterocycles. The van der Waals surface area contributed by atoms with Crippen molar-refractivity contribution in [2.24, 2.45) is 11.8 Å². The Morgan fingerprint density at radius 1 is 1.04 bits per heavy atom. The third-order valence-electron chi connectivity index (χ3n) is 6.10. The van der Waals surface area contributed by atoms with Crippen molar-refractivity contribution in [3.8, 4) is 0 Å². The summed E-state index contributed by atoms with van der Waals surface area (Å²) in [6, 6.07) is 16.3. The highest BCUT2D eigenvalue weighted by Gasteiger charge is 2.70. The summed E-state index contributed by atoms with van der Waals surface area (Å²) in [7, 11) is 1.31. The monoisotopic (exact) mass is 379 g/mol. The molecule has 28 heavy (non-hydrogen) atoms. The summed E-state index contributed by atoms with van der Waals surface area (Å²) in [4.78, 5) is 40.7. The molecule has 2 amide bonds. The minimum absolute atomic E-state index is 0.265. The molecule has 4 atom stereocenters. The van der Waals surface area contributed by atoms with Gasteiger partial charge in [0.1, 0.15) is 17.9 Å². The molecule has 0 bridgehead atoms. The number of fused-ring (bicyclic) bond motifs is 1. The van der Waals surface area contributed by atoms with Crippen molar-refractivity contribution in [2.75, 3.05) is 12.0 Å². The molecule has 2 saturated heterocycles. The van der Waals surface area contributed by atoms with E-state index < -0.39 is 23.3 Å². The van der Waals surface area contributed by atoms with Crippen molar-refractivity contribution >= 4 is 23.5 Å². The standard InChI is InChI=1S/C22H22N2O4/c1-13-9-7-8-12-15(13)18-16-17(22(2,23-18)21(27)28-3)20(26)24(19(16)25)14-10-5-4-6-11-14/h4-12,16-18,23H,1-3H3/p+1/t16-,17-,18+,22-/m0/s1. The van der Waals surface area contributed by atoms with Crippen LogP contribution in [0.5, 0.6) is 0 Å². The number of hydrogen-bond donors (Lipinski definition) is 1. The number of esters is 1. The number of amides is 2. The predicted molar refractivity (Wildman–Crippen MR) is 102 cm³/mol. The molecule has 2 N–H and O–H groups in total. The maximum absolute atomic E-state index is 13.4. The first-order valence-corrected chi connectivity index (χ1v) is 9.33. The average Bonchev–Trinajstić information content (AvgIpc) is 3.16. The molecule has 0 saturated carbocycles. The van der Waals surface area contributed by atoms with Crippen LogP contribution in [0.25, 0.3) is 0 Å². The number of para-hydroxylation sites is 1. The lowest BCUT2D eigenvalue weighted by Crippen LogP contribution is -2.97. The molecule has 0 spiro atoms. The molecule has 2 fully saturated rings. The number of ether oxygens (including phenoxy) is 1. The maximum atomic E-state index is 13.4. The number of imide groups is 1. The van der Waals surface area contributed by atoms with Gasteiger partial charge in [0, 0.05) is 12.5 Å². The SMILES string of the molecule is COC(=O)[C@@]1(C)[NH2+][C@H](c2ccccc2C)[C@H]2C(=O)N(c3ccccc3)C(=O)[C@H]21. The molecule has 4 rings (SSSR count). The highest BCUT2D eigenvalue weighted by Crippen LogP contribution is 2.46. The lowest BCUT2D eigenvalue weighted by Gasteiger charge is -2.26. The minimum atomic E-state index is -1.16. The second kappa shape index (κ2) is 6.56. The number of hydrogen-bond acceptors (Lipinski definition) is 4. The topological polar surface area (TPSA) is 80.3 Å². The van der Waals surface area contributed by atoms with Crippen LogP contribution in [0, 0.1) is 18.8 Å². The molecule has 6 heteroatoms. The predicted octanol–water partition coefficient (Wildman–Crippen LogP) is 1.35. The molecule has 144 valence electrons. The van der Waals surface area contributed by atoms with Crippen molar-refractivity contribution in [2.45, 2.75) is 25.4 Å². The van der Waals surface area contributed by atoms with E-state index in [0.717, 1.165) is 11.1 Å². The largest absolute Gasteiger partial charge is 0.464 e. The average molecular weight is 379 g/mol. The molecule has 2 aromatic rings. The number of nitrogens with two attached hydrogens (primary N) is 1. The number of anilines is 1. The van der Waals surface area contributed by atoms with Gasteiger partial charge in [0.25, 0.3) is 0 Å². The molecule has 0 radical (unpaired) electrons. The van der Waals surface area contributed by atoms with Crippen LogP contribution in [0.2, 0.25) is 0 Å². The first kappa shape index (κ1) is 18.4. The number of nitrogens with zero attached hydrogens (tertiary/aromatic N) is 1. The van der Waals surface area contributed by atoms with Gasteiger partial charge < -0.3 is 10.1 Å². The van der Waals surface area contributed by atoms with Crippen LogP contribution in [0.3, 0.4) is 0 Å². The maximum Gasteiger partial charge on any atom is 0.368 e. The van der Waals surface area contributed by atoms with E-state index in [4.69, 9.17) is 4.74 Å². The van der Waals surface area contributed by atoms with Gasteiger partial charge in [-0.1, -0.05) is 42.5 Å². The second-order valence-corrected chi connectivity index (χ2v) is 7.67. The van der Waals surface area contributed by atoms with Crippen LogP contribution in [0.1, 0.15) is 24.1 Å². The van der Waals surface area contributed by atoms with E-state index >= 15 is 0 Å². The van der Waals surface area contributed by atoms with Gasteiger partial charge in [0.2, 0.25) is 17.4 Å². The first-order chi connectivity index (χ1) is 13.4. The molecule has 2 heterocycles. The molecular formula is C22H23N2O4+. The number of benzene rings is 2. The van der Waals surface area contributed by atoms with Gasteiger partial charge in [0.05, 0.1) is 12.8 Å². The van der Waals surface area contributed by atoms with Gasteiger partial charge in [-0.2, -0.15) is 0 Å². The van der Waals surface area contributed by atoms with Crippen molar-refractivity contribution < 1.29 is 24.4 Å². The zero-order chi connectivity index (χ0) is 20.1. The normalized spacial score (nSPS) is 29.1. The summed E-state index contributed by atoms with van der Waals surface area (Å²) in [5, 5.41) is 1.84. The number of quaternary nitrogens is 1. The second-order valence-electron chi connectivity index (χ2n) is 7.67. The Balaban J connectivity index is 1.85. The van der Waals surface area contributed by atoms with Gasteiger partial charge >= 0.3 is 5.97 Å². The van der Waals surface area contributed by atoms with E-state index in [9.17, 15) is 14.4 Å². The van der Waals surface area contributed by atoms with Crippen LogP contribution in [-0.4, -0.2) is 30.4 Å². The zero-order valence-electron chi connectivity index (χ0n) is 16.1. The minimum Gasteiger partial charge on any atom is -0.464 e. The fraction of sp³-hybridized carbons (Fsp3) is 0.318. The first-order valence-electron chi connectivity index (χ1n) is 9.33. The van der Waals surface area contributed by atoms with Crippen LogP contribution in [0.15, 0.2) is 54.6 Å². The van der Waals surface area contributed by atoms with Gasteiger partial charge in [-0.15, -0.1) is 0 Å². The quantitative estimate of drug-likeness (QED) is 0.645. The molecule has 2 aromatic carbocycles. The van der Waals surface area contributed by atoms with E-state index in [1.165, 1.54) is 12.0 Å². The number of carbonyl (C=O) groups is 3. The van der Waals surface area contributed by atoms with Gasteiger partial charge in [-0.25, -0.2) is 9.69 Å². The number of rotatable bonds is 3. The van der Waals surface area contributed by atoms with Crippen molar-refractivity contribution in [1.29, 1.82) is 0 Å². The number of carbonyl (C=O) groups excluding carboxylic acids is 3. The third kappa shape index (κ3) is 2.48. The Morgan fingerprint density at radius 2 is 1.68 bits per heavy atom. The zero-order valence-corrected chi connectivity index (χ0v) is 16.1. The molecular weight excluding hydrogens is 356 g/mol. The molecule has 0 unspecified atom stereocenters. The van der Waals surface area contributed by atoms with Crippen LogP contribution >= 0.6 is 0 Å². The number of aryl methyl sites for hydroxylation is 1. The Kier molecular flexibility index (Phi) is 4.31. The molecule has 2 aliphatic rings. The molecule has 2 aliphatic heterocycles. The summed E-state index contributed by atoms with van der Waals surface area (Å²) in [6.45, 7) is 3.68.